The Balaban J connectivity index is -0.000000320. The van der Waals surface area contributed by atoms with Gasteiger partial charge < -0.3 is 24.1 Å². The van der Waals surface area contributed by atoms with Crippen molar-refractivity contribution in [1.82, 2.24) is 0 Å². The molecule has 1 unspecified atom stereocenters. The SMILES string of the molecule is O=P([O-])([O-])OP(=O)([O-])O.[K+].[Sr+2]. The molecule has 1 atom stereocenters. The average molecular weight is 302 g/mol. The Bertz CT molecular complexity index is 157. The van der Waals surface area contributed by atoms with Crippen molar-refractivity contribution in [3.63, 3.8) is 0 Å². The average Bonchev–Trinajstić information content (AvgIpc) is 1.14. The fourth-order valence-electron chi connectivity index (χ4n) is 0.126. The normalized spacial score (nSPS) is 15.6. The van der Waals surface area contributed by atoms with Crippen LogP contribution < -0.4 is 66.1 Å². The van der Waals surface area contributed by atoms with Crippen molar-refractivity contribution in [2.45, 2.75) is 0 Å². The van der Waals surface area contributed by atoms with Crippen LogP contribution in [0.5, 0.6) is 0 Å². The van der Waals surface area contributed by atoms with Gasteiger partial charge in [0.05, 0.1) is 7.82 Å². The van der Waals surface area contributed by atoms with E-state index >= 15 is 0 Å². The van der Waals surface area contributed by atoms with Gasteiger partial charge in [-0.1, -0.05) is 0 Å². The first kappa shape index (κ1) is 19.9. The molecule has 0 amide bonds. The Morgan fingerprint density at radius 3 is 1.45 bits per heavy atom. The molecule has 0 rings (SSSR count). The molecule has 0 fully saturated rings. The van der Waals surface area contributed by atoms with Crippen LogP contribution in [0, 0.1) is 0 Å². The second-order valence-electron chi connectivity index (χ2n) is 0.997. The zero-order valence-corrected chi connectivity index (χ0v) is 13.9. The second-order valence-corrected chi connectivity index (χ2v) is 3.48. The van der Waals surface area contributed by atoms with Gasteiger partial charge in [0.15, 0.2) is 0 Å². The van der Waals surface area contributed by atoms with Crippen molar-refractivity contribution in [3.8, 4) is 0 Å². The first-order valence-electron chi connectivity index (χ1n) is 1.48. The fourth-order valence-corrected chi connectivity index (χ4v) is 1.14. The van der Waals surface area contributed by atoms with E-state index in [1.165, 1.54) is 0 Å². The maximum absolute atomic E-state index is 9.44. The first-order chi connectivity index (χ1) is 3.71. The summed E-state index contributed by atoms with van der Waals surface area (Å²) in [5.41, 5.74) is 0. The van der Waals surface area contributed by atoms with E-state index in [9.17, 15) is 23.8 Å². The largest absolute Gasteiger partial charge is 2.00 e. The summed E-state index contributed by atoms with van der Waals surface area (Å²) in [5.74, 6) is 0. The minimum Gasteiger partial charge on any atom is -0.790 e. The van der Waals surface area contributed by atoms with Gasteiger partial charge >= 0.3 is 96.9 Å². The van der Waals surface area contributed by atoms with E-state index in [2.05, 4.69) is 4.31 Å². The predicted octanol–water partition coefficient (Wildman–Crippen LogP) is -6.08. The van der Waals surface area contributed by atoms with Crippen molar-refractivity contribution < 1.29 is 84.4 Å². The summed E-state index contributed by atoms with van der Waals surface area (Å²) in [6, 6.07) is 0. The van der Waals surface area contributed by atoms with Gasteiger partial charge in [-0.25, -0.2) is 0 Å². The van der Waals surface area contributed by atoms with Gasteiger partial charge in [0, 0.05) is 0 Å². The summed E-state index contributed by atoms with van der Waals surface area (Å²) in [5, 5.41) is 0. The van der Waals surface area contributed by atoms with E-state index in [0.29, 0.717) is 0 Å². The topological polar surface area (TPSA) is 133 Å². The van der Waals surface area contributed by atoms with Gasteiger partial charge in [0.2, 0.25) is 0 Å². The molecule has 56 valence electrons. The molecule has 0 aromatic carbocycles. The van der Waals surface area contributed by atoms with Crippen molar-refractivity contribution in [2.24, 2.45) is 0 Å². The van der Waals surface area contributed by atoms with Crippen molar-refractivity contribution >= 4 is 61.1 Å². The van der Waals surface area contributed by atoms with Crippen LogP contribution in [0.15, 0.2) is 0 Å². The Labute approximate surface area is 142 Å². The first-order valence-corrected chi connectivity index (χ1v) is 4.43. The smallest absolute Gasteiger partial charge is 0.790 e. The Morgan fingerprint density at radius 2 is 1.45 bits per heavy atom. The van der Waals surface area contributed by atoms with E-state index in [1.807, 2.05) is 0 Å². The fraction of sp³-hybridized carbons (Fsp3) is 0. The molecule has 0 aromatic rings. The Kier molecular flexibility index (Phi) is 13.8. The van der Waals surface area contributed by atoms with Crippen LogP contribution in [0.25, 0.3) is 0 Å². The van der Waals surface area contributed by atoms with E-state index in [1.54, 1.807) is 0 Å². The molecule has 0 aromatic heterocycles. The Morgan fingerprint density at radius 1 is 1.18 bits per heavy atom. The van der Waals surface area contributed by atoms with Crippen LogP contribution in [0.3, 0.4) is 0 Å². The maximum atomic E-state index is 9.44. The summed E-state index contributed by atoms with van der Waals surface area (Å²) in [6.45, 7) is 0. The van der Waals surface area contributed by atoms with Gasteiger partial charge in [0.25, 0.3) is 7.82 Å². The molecule has 7 nitrogen and oxygen atoms in total. The monoisotopic (exact) mass is 302 g/mol. The second kappa shape index (κ2) is 7.64. The Hall–Kier alpha value is 3.38. The van der Waals surface area contributed by atoms with E-state index in [0.717, 1.165) is 0 Å². The molecular formula is HKO7P2Sr. The summed E-state index contributed by atoms with van der Waals surface area (Å²) >= 11 is 0. The molecule has 0 radical (unpaired) electrons. The van der Waals surface area contributed by atoms with E-state index in [4.69, 9.17) is 4.89 Å². The van der Waals surface area contributed by atoms with Crippen LogP contribution in [0.4, 0.5) is 0 Å². The molecule has 0 saturated heterocycles. The van der Waals surface area contributed by atoms with Crippen LogP contribution >= 0.6 is 15.6 Å². The number of rotatable bonds is 2. The molecule has 11 heavy (non-hydrogen) atoms. The maximum Gasteiger partial charge on any atom is 2.00 e. The molecule has 0 saturated carbocycles. The third-order valence-electron chi connectivity index (χ3n) is 0.203. The molecular weight excluding hydrogens is 301 g/mol. The molecule has 0 heterocycles. The summed E-state index contributed by atoms with van der Waals surface area (Å²) in [4.78, 5) is 35.7. The van der Waals surface area contributed by atoms with Crippen molar-refractivity contribution in [1.29, 1.82) is 0 Å². The molecule has 0 aliphatic heterocycles. The molecule has 11 heteroatoms. The van der Waals surface area contributed by atoms with Crippen molar-refractivity contribution in [2.75, 3.05) is 0 Å². The van der Waals surface area contributed by atoms with Crippen LogP contribution in [-0.4, -0.2) is 50.4 Å². The van der Waals surface area contributed by atoms with Crippen LogP contribution in [-0.2, 0) is 13.4 Å². The third-order valence-corrected chi connectivity index (χ3v) is 1.83. The van der Waals surface area contributed by atoms with Gasteiger partial charge in [-0.2, -0.15) is 0 Å². The van der Waals surface area contributed by atoms with Gasteiger partial charge in [0.1, 0.15) is 0 Å². The van der Waals surface area contributed by atoms with Crippen molar-refractivity contribution in [3.05, 3.63) is 0 Å². The standard InChI is InChI=1S/K.H4O7P2.Sr/c;1-8(2,3)7-9(4,5)6;/h;(H2,1,2,3)(H2,4,5,6);/q+1;;+2/p-3. The van der Waals surface area contributed by atoms with Gasteiger partial charge in [-0.3, -0.25) is 8.88 Å². The molecule has 0 bridgehead atoms. The van der Waals surface area contributed by atoms with Gasteiger partial charge in [-0.15, -0.1) is 0 Å². The quantitative estimate of drug-likeness (QED) is 0.396. The van der Waals surface area contributed by atoms with E-state index in [-0.39, 0.29) is 96.9 Å². The summed E-state index contributed by atoms with van der Waals surface area (Å²) < 4.78 is 21.4. The van der Waals surface area contributed by atoms with Crippen LogP contribution in [0.2, 0.25) is 0 Å². The minimum atomic E-state index is -5.61. The summed E-state index contributed by atoms with van der Waals surface area (Å²) in [7, 11) is -11.0. The predicted molar refractivity (Wildman–Crippen MR) is 24.3 cm³/mol. The summed E-state index contributed by atoms with van der Waals surface area (Å²) in [6.07, 6.45) is 0. The van der Waals surface area contributed by atoms with Crippen LogP contribution in [0.1, 0.15) is 0 Å². The number of hydrogen-bond donors (Lipinski definition) is 1. The molecule has 1 N–H and O–H groups in total. The minimum absolute atomic E-state index is 0. The number of hydrogen-bond acceptors (Lipinski definition) is 6. The third kappa shape index (κ3) is 19.7. The number of phosphoric acid groups is 2. The van der Waals surface area contributed by atoms with E-state index < -0.39 is 15.6 Å². The molecule has 0 spiro atoms. The zero-order chi connectivity index (χ0) is 7.71. The molecule has 0 aliphatic carbocycles. The zero-order valence-electron chi connectivity index (χ0n) is 5.50. The van der Waals surface area contributed by atoms with Gasteiger partial charge in [-0.05, 0) is 0 Å². The molecule has 0 aliphatic rings.